The van der Waals surface area contributed by atoms with E-state index in [1.165, 1.54) is 18.3 Å². The largest absolute Gasteiger partial charge is 0.404 e. The highest BCUT2D eigenvalue weighted by atomic mass is 19.1. The van der Waals surface area contributed by atoms with E-state index in [1.807, 2.05) is 6.08 Å². The maximum absolute atomic E-state index is 14.5. The summed E-state index contributed by atoms with van der Waals surface area (Å²) in [6, 6.07) is 9.92. The number of aliphatic imine (C=N–C) groups is 1. The summed E-state index contributed by atoms with van der Waals surface area (Å²) in [6.07, 6.45) is 8.60. The fraction of sp³-hybridized carbons (Fsp3) is 0.367. The van der Waals surface area contributed by atoms with Crippen molar-refractivity contribution >= 4 is 29.3 Å². The lowest BCUT2D eigenvalue weighted by Gasteiger charge is -2.20. The van der Waals surface area contributed by atoms with E-state index in [2.05, 4.69) is 21.4 Å². The molecule has 2 aliphatic heterocycles. The molecular formula is C30H31FN6O3. The van der Waals surface area contributed by atoms with E-state index in [0.29, 0.717) is 54.1 Å². The highest BCUT2D eigenvalue weighted by molar-refractivity contribution is 6.09. The first kappa shape index (κ1) is 27.2. The van der Waals surface area contributed by atoms with Gasteiger partial charge in [0.2, 0.25) is 0 Å². The molecule has 2 atom stereocenters. The molecule has 2 amide bonds. The molecule has 5 rings (SSSR count). The lowest BCUT2D eigenvalue weighted by Crippen LogP contribution is -2.34. The molecule has 0 bridgehead atoms. The zero-order valence-electron chi connectivity index (χ0n) is 22.3. The van der Waals surface area contributed by atoms with Crippen molar-refractivity contribution in [2.24, 2.45) is 16.1 Å². The van der Waals surface area contributed by atoms with Gasteiger partial charge in [-0.3, -0.25) is 14.6 Å². The summed E-state index contributed by atoms with van der Waals surface area (Å²) in [6.45, 7) is 2.83. The number of ether oxygens (including phenoxy) is 1. The van der Waals surface area contributed by atoms with Crippen molar-refractivity contribution < 1.29 is 18.7 Å². The number of hydrogen-bond acceptors (Lipinski definition) is 7. The fourth-order valence-corrected chi connectivity index (χ4v) is 5.17. The maximum Gasteiger partial charge on any atom is 0.270 e. The Morgan fingerprint density at radius 3 is 2.88 bits per heavy atom. The zero-order chi connectivity index (χ0) is 28.3. The van der Waals surface area contributed by atoms with Crippen LogP contribution in [0.25, 0.3) is 5.57 Å². The summed E-state index contributed by atoms with van der Waals surface area (Å²) in [4.78, 5) is 36.6. The van der Waals surface area contributed by atoms with Gasteiger partial charge in [-0.25, -0.2) is 9.37 Å². The van der Waals surface area contributed by atoms with Crippen LogP contribution in [0.15, 0.2) is 53.2 Å². The number of amides is 2. The third kappa shape index (κ3) is 5.65. The van der Waals surface area contributed by atoms with Gasteiger partial charge in [0.05, 0.1) is 6.07 Å². The van der Waals surface area contributed by atoms with Crippen molar-refractivity contribution in [2.45, 2.75) is 51.8 Å². The molecule has 10 heteroatoms. The predicted octanol–water partition coefficient (Wildman–Crippen LogP) is 3.93. The van der Waals surface area contributed by atoms with E-state index >= 15 is 0 Å². The maximum atomic E-state index is 14.5. The molecule has 3 N–H and O–H groups in total. The highest BCUT2D eigenvalue weighted by Gasteiger charge is 2.52. The highest BCUT2D eigenvalue weighted by Crippen LogP contribution is 2.47. The molecule has 206 valence electrons. The van der Waals surface area contributed by atoms with Crippen molar-refractivity contribution in [3.8, 4) is 6.07 Å². The SMILES string of the molecule is Cc1cc(N2CCC(C#N)(C3=CC3)C2=O)cc(C(=O)NCc2cc(F)cc(C(C=NC3CCCCO3)=CN)c2)n1. The zero-order valence-corrected chi connectivity index (χ0v) is 22.3. The van der Waals surface area contributed by atoms with Crippen LogP contribution in [0.3, 0.4) is 0 Å². The quantitative estimate of drug-likeness (QED) is 0.384. The monoisotopic (exact) mass is 542 g/mol. The van der Waals surface area contributed by atoms with Gasteiger partial charge < -0.3 is 20.7 Å². The first-order valence-corrected chi connectivity index (χ1v) is 13.4. The number of nitrogens with one attached hydrogen (secondary N) is 1. The Morgan fingerprint density at radius 2 is 2.17 bits per heavy atom. The summed E-state index contributed by atoms with van der Waals surface area (Å²) >= 11 is 0. The lowest BCUT2D eigenvalue weighted by atomic mass is 9.85. The predicted molar refractivity (Wildman–Crippen MR) is 149 cm³/mol. The van der Waals surface area contributed by atoms with Gasteiger partial charge in [0.15, 0.2) is 5.41 Å². The van der Waals surface area contributed by atoms with Crippen LogP contribution in [0, 0.1) is 29.5 Å². The number of benzene rings is 1. The van der Waals surface area contributed by atoms with Crippen LogP contribution >= 0.6 is 0 Å². The molecule has 2 fully saturated rings. The Labute approximate surface area is 232 Å². The van der Waals surface area contributed by atoms with Gasteiger partial charge >= 0.3 is 0 Å². The Hall–Kier alpha value is -4.36. The molecule has 9 nitrogen and oxygen atoms in total. The molecule has 1 aromatic carbocycles. The van der Waals surface area contributed by atoms with Gasteiger partial charge in [0, 0.05) is 49.1 Å². The topological polar surface area (TPSA) is 134 Å². The summed E-state index contributed by atoms with van der Waals surface area (Å²) in [7, 11) is 0. The van der Waals surface area contributed by atoms with Gasteiger partial charge in [-0.2, -0.15) is 5.26 Å². The number of rotatable bonds is 8. The second kappa shape index (κ2) is 11.4. The molecule has 1 aliphatic carbocycles. The summed E-state index contributed by atoms with van der Waals surface area (Å²) < 4.78 is 20.1. The summed E-state index contributed by atoms with van der Waals surface area (Å²) in [5.74, 6) is -1.21. The minimum absolute atomic E-state index is 0.0453. The number of aryl methyl sites for hydroxylation is 1. The Kier molecular flexibility index (Phi) is 7.76. The molecule has 0 spiro atoms. The van der Waals surface area contributed by atoms with Gasteiger partial charge in [0.25, 0.3) is 11.8 Å². The van der Waals surface area contributed by atoms with Gasteiger partial charge in [-0.1, -0.05) is 6.08 Å². The minimum Gasteiger partial charge on any atom is -0.404 e. The molecule has 2 saturated heterocycles. The number of allylic oxidation sites excluding steroid dienone is 2. The number of anilines is 1. The standard InChI is InChI=1S/C30H31FN6O3/c1-19-10-25(37-8-7-30(18-33,29(37)39)23-5-6-23)14-26(36-19)28(38)35-16-20-11-21(13-24(31)12-20)22(15-32)17-34-27-4-2-3-9-40-27/h5,10-15,17,27H,2-4,6-9,16,32H2,1H3,(H,35,38). The molecule has 2 unspecified atom stereocenters. The molecule has 0 saturated carbocycles. The van der Waals surface area contributed by atoms with Crippen molar-refractivity contribution in [3.05, 3.63) is 76.5 Å². The average molecular weight is 543 g/mol. The number of aromatic nitrogens is 1. The molecule has 3 heterocycles. The van der Waals surface area contributed by atoms with E-state index < -0.39 is 17.1 Å². The number of carbonyl (C=O) groups is 2. The van der Waals surface area contributed by atoms with E-state index in [-0.39, 0.29) is 24.4 Å². The molecule has 0 radical (unpaired) electrons. The van der Waals surface area contributed by atoms with Gasteiger partial charge in [-0.05, 0) is 86.1 Å². The Bertz CT molecular complexity index is 1470. The van der Waals surface area contributed by atoms with Crippen LogP contribution in [-0.2, 0) is 16.1 Å². The van der Waals surface area contributed by atoms with Gasteiger partial charge in [-0.15, -0.1) is 0 Å². The number of pyridine rings is 1. The third-order valence-corrected chi connectivity index (χ3v) is 7.41. The van der Waals surface area contributed by atoms with E-state index in [0.717, 1.165) is 24.8 Å². The van der Waals surface area contributed by atoms with Crippen LogP contribution < -0.4 is 16.0 Å². The second-order valence-corrected chi connectivity index (χ2v) is 10.3. The first-order valence-electron chi connectivity index (χ1n) is 13.4. The minimum atomic E-state index is -1.11. The third-order valence-electron chi connectivity index (χ3n) is 7.41. The summed E-state index contributed by atoms with van der Waals surface area (Å²) in [5, 5.41) is 12.5. The van der Waals surface area contributed by atoms with Crippen LogP contribution in [-0.4, -0.2) is 42.4 Å². The molecule has 2 aromatic rings. The van der Waals surface area contributed by atoms with E-state index in [4.69, 9.17) is 10.5 Å². The smallest absolute Gasteiger partial charge is 0.270 e. The fourth-order valence-electron chi connectivity index (χ4n) is 5.17. The van der Waals surface area contributed by atoms with Crippen LogP contribution in [0.1, 0.15) is 59.4 Å². The van der Waals surface area contributed by atoms with Crippen LogP contribution in [0.2, 0.25) is 0 Å². The van der Waals surface area contributed by atoms with Crippen molar-refractivity contribution in [1.29, 1.82) is 5.26 Å². The Morgan fingerprint density at radius 1 is 1.35 bits per heavy atom. The van der Waals surface area contributed by atoms with Crippen LogP contribution in [0.5, 0.6) is 0 Å². The Balaban J connectivity index is 1.28. The number of hydrogen-bond donors (Lipinski definition) is 2. The molecule has 1 aromatic heterocycles. The molecule has 3 aliphatic rings. The van der Waals surface area contributed by atoms with Crippen molar-refractivity contribution in [2.75, 3.05) is 18.1 Å². The normalized spacial score (nSPS) is 22.8. The second-order valence-electron chi connectivity index (χ2n) is 10.3. The number of halogens is 1. The molecular weight excluding hydrogens is 511 g/mol. The van der Waals surface area contributed by atoms with Gasteiger partial charge in [0.1, 0.15) is 17.7 Å². The van der Waals surface area contributed by atoms with Crippen molar-refractivity contribution in [1.82, 2.24) is 10.3 Å². The number of carbonyl (C=O) groups excluding carboxylic acids is 2. The average Bonchev–Trinajstić information content (AvgIpc) is 3.75. The number of nitrogens with two attached hydrogens (primary N) is 1. The summed E-state index contributed by atoms with van der Waals surface area (Å²) in [5.41, 5.74) is 8.37. The number of nitriles is 1. The van der Waals surface area contributed by atoms with E-state index in [9.17, 15) is 19.2 Å². The van der Waals surface area contributed by atoms with Crippen LogP contribution in [0.4, 0.5) is 10.1 Å². The first-order chi connectivity index (χ1) is 19.3. The molecule has 40 heavy (non-hydrogen) atoms. The number of nitrogens with zero attached hydrogens (tertiary/aromatic N) is 4. The van der Waals surface area contributed by atoms with Crippen molar-refractivity contribution in [3.63, 3.8) is 0 Å². The lowest BCUT2D eigenvalue weighted by molar-refractivity contribution is -0.121. The van der Waals surface area contributed by atoms with E-state index in [1.54, 1.807) is 36.2 Å².